The van der Waals surface area contributed by atoms with Gasteiger partial charge in [-0.3, -0.25) is 4.98 Å². The van der Waals surface area contributed by atoms with E-state index >= 15 is 0 Å². The Labute approximate surface area is 110 Å². The molecule has 0 unspecified atom stereocenters. The van der Waals surface area contributed by atoms with Crippen molar-refractivity contribution in [1.29, 1.82) is 0 Å². The monoisotopic (exact) mass is 258 g/mol. The van der Waals surface area contributed by atoms with Crippen molar-refractivity contribution in [3.8, 4) is 5.75 Å². The van der Waals surface area contributed by atoms with E-state index < -0.39 is 0 Å². The molecular weight excluding hydrogens is 244 g/mol. The number of azide groups is 1. The number of rotatable bonds is 6. The van der Waals surface area contributed by atoms with Crippen LogP contribution in [-0.4, -0.2) is 25.3 Å². The molecular formula is C13H14N4O2. The summed E-state index contributed by atoms with van der Waals surface area (Å²) in [6, 6.07) is 7.66. The van der Waals surface area contributed by atoms with Crippen LogP contribution in [0.1, 0.15) is 5.56 Å². The van der Waals surface area contributed by atoms with Gasteiger partial charge >= 0.3 is 0 Å². The Hall–Kier alpha value is -2.30. The quantitative estimate of drug-likeness (QED) is 0.345. The Balaban J connectivity index is 2.21. The van der Waals surface area contributed by atoms with Crippen LogP contribution < -0.4 is 4.74 Å². The molecule has 0 saturated heterocycles. The molecule has 0 fully saturated rings. The van der Waals surface area contributed by atoms with E-state index in [0.29, 0.717) is 25.5 Å². The Bertz CT molecular complexity index is 609. The van der Waals surface area contributed by atoms with Crippen molar-refractivity contribution in [2.24, 2.45) is 5.11 Å². The zero-order valence-corrected chi connectivity index (χ0v) is 10.6. The van der Waals surface area contributed by atoms with Gasteiger partial charge in [-0.25, -0.2) is 0 Å². The van der Waals surface area contributed by atoms with Crippen molar-refractivity contribution < 1.29 is 9.47 Å². The van der Waals surface area contributed by atoms with Gasteiger partial charge < -0.3 is 9.47 Å². The lowest BCUT2D eigenvalue weighted by molar-refractivity contribution is 0.146. The van der Waals surface area contributed by atoms with E-state index in [4.69, 9.17) is 15.0 Å². The predicted octanol–water partition coefficient (Wildman–Crippen LogP) is 3.07. The van der Waals surface area contributed by atoms with Crippen molar-refractivity contribution in [1.82, 2.24) is 4.98 Å². The molecule has 0 bridgehead atoms. The molecule has 0 aliphatic rings. The van der Waals surface area contributed by atoms with Gasteiger partial charge in [0.05, 0.1) is 24.9 Å². The first-order chi connectivity index (χ1) is 9.33. The minimum absolute atomic E-state index is 0.335. The summed E-state index contributed by atoms with van der Waals surface area (Å²) in [5, 5.41) is 4.50. The van der Waals surface area contributed by atoms with Gasteiger partial charge in [-0.05, 0) is 29.3 Å². The van der Waals surface area contributed by atoms with E-state index in [1.54, 1.807) is 13.3 Å². The third-order valence-corrected chi connectivity index (χ3v) is 2.59. The van der Waals surface area contributed by atoms with E-state index in [1.807, 2.05) is 24.3 Å². The summed E-state index contributed by atoms with van der Waals surface area (Å²) in [5.74, 6) is 0.700. The molecule has 1 aromatic heterocycles. The third-order valence-electron chi connectivity index (χ3n) is 2.59. The number of ether oxygens (including phenoxy) is 2. The number of aromatic nitrogens is 1. The van der Waals surface area contributed by atoms with Crippen LogP contribution >= 0.6 is 0 Å². The number of benzene rings is 1. The molecule has 1 aromatic carbocycles. The molecule has 0 saturated carbocycles. The largest absolute Gasteiger partial charge is 0.490 e. The molecule has 0 amide bonds. The molecule has 6 nitrogen and oxygen atoms in total. The van der Waals surface area contributed by atoms with Crippen molar-refractivity contribution in [3.63, 3.8) is 0 Å². The molecule has 6 heteroatoms. The van der Waals surface area contributed by atoms with Crippen LogP contribution in [-0.2, 0) is 11.3 Å². The second kappa shape index (κ2) is 6.58. The first-order valence-electron chi connectivity index (χ1n) is 5.85. The van der Waals surface area contributed by atoms with Crippen molar-refractivity contribution in [2.45, 2.75) is 6.54 Å². The summed E-state index contributed by atoms with van der Waals surface area (Å²) in [6.45, 7) is 1.36. The van der Waals surface area contributed by atoms with Crippen LogP contribution in [0.3, 0.4) is 0 Å². The Morgan fingerprint density at radius 3 is 3.00 bits per heavy atom. The number of pyridine rings is 1. The van der Waals surface area contributed by atoms with Gasteiger partial charge in [0.2, 0.25) is 0 Å². The second-order valence-electron chi connectivity index (χ2n) is 3.93. The Morgan fingerprint density at radius 1 is 1.32 bits per heavy atom. The zero-order chi connectivity index (χ0) is 13.5. The van der Waals surface area contributed by atoms with E-state index in [0.717, 1.165) is 16.5 Å². The highest BCUT2D eigenvalue weighted by Crippen LogP contribution is 2.20. The molecule has 2 aromatic rings. The van der Waals surface area contributed by atoms with Crippen LogP contribution in [0.2, 0.25) is 0 Å². The average Bonchev–Trinajstić information content (AvgIpc) is 2.45. The Morgan fingerprint density at radius 2 is 2.21 bits per heavy atom. The smallest absolute Gasteiger partial charge is 0.138 e. The molecule has 0 spiro atoms. The fraction of sp³-hybridized carbons (Fsp3) is 0.308. The van der Waals surface area contributed by atoms with E-state index in [1.165, 1.54) is 0 Å². The molecule has 0 aliphatic carbocycles. The lowest BCUT2D eigenvalue weighted by Gasteiger charge is -2.06. The average molecular weight is 258 g/mol. The number of methoxy groups -OCH3 is 1. The third kappa shape index (κ3) is 3.58. The lowest BCUT2D eigenvalue weighted by Crippen LogP contribution is -2.04. The van der Waals surface area contributed by atoms with Gasteiger partial charge in [0.25, 0.3) is 0 Å². The zero-order valence-electron chi connectivity index (χ0n) is 10.6. The minimum Gasteiger partial charge on any atom is -0.490 e. The van der Waals surface area contributed by atoms with Gasteiger partial charge in [-0.15, -0.1) is 0 Å². The van der Waals surface area contributed by atoms with Crippen LogP contribution in [0.5, 0.6) is 5.75 Å². The van der Waals surface area contributed by atoms with Crippen LogP contribution in [0.25, 0.3) is 21.3 Å². The molecule has 0 aliphatic heterocycles. The van der Waals surface area contributed by atoms with Gasteiger partial charge in [0.1, 0.15) is 12.4 Å². The maximum atomic E-state index is 8.32. The number of hydrogen-bond acceptors (Lipinski definition) is 4. The molecule has 19 heavy (non-hydrogen) atoms. The SMILES string of the molecule is COCCOc1cnc2ccc(CN=[N+]=[N-])cc2c1. The summed E-state index contributed by atoms with van der Waals surface area (Å²) >= 11 is 0. The normalized spacial score (nSPS) is 10.2. The topological polar surface area (TPSA) is 80.1 Å². The summed E-state index contributed by atoms with van der Waals surface area (Å²) in [7, 11) is 1.63. The lowest BCUT2D eigenvalue weighted by atomic mass is 10.1. The summed E-state index contributed by atoms with van der Waals surface area (Å²) in [6.07, 6.45) is 1.69. The van der Waals surface area contributed by atoms with Gasteiger partial charge in [0, 0.05) is 17.4 Å². The van der Waals surface area contributed by atoms with Crippen LogP contribution in [0.4, 0.5) is 0 Å². The van der Waals surface area contributed by atoms with E-state index in [9.17, 15) is 0 Å². The summed E-state index contributed by atoms with van der Waals surface area (Å²) in [4.78, 5) is 7.06. The van der Waals surface area contributed by atoms with Crippen molar-refractivity contribution >= 4 is 10.9 Å². The van der Waals surface area contributed by atoms with E-state index in [-0.39, 0.29) is 0 Å². The van der Waals surface area contributed by atoms with Gasteiger partial charge in [0.15, 0.2) is 0 Å². The number of hydrogen-bond donors (Lipinski definition) is 0. The fourth-order valence-electron chi connectivity index (χ4n) is 1.69. The number of fused-ring (bicyclic) bond motifs is 1. The second-order valence-corrected chi connectivity index (χ2v) is 3.93. The maximum Gasteiger partial charge on any atom is 0.138 e. The highest BCUT2D eigenvalue weighted by atomic mass is 16.5. The Kier molecular flexibility index (Phi) is 4.55. The fourth-order valence-corrected chi connectivity index (χ4v) is 1.69. The highest BCUT2D eigenvalue weighted by Gasteiger charge is 2.00. The highest BCUT2D eigenvalue weighted by molar-refractivity contribution is 5.80. The molecule has 2 rings (SSSR count). The van der Waals surface area contributed by atoms with E-state index in [2.05, 4.69) is 15.0 Å². The molecule has 0 atom stereocenters. The van der Waals surface area contributed by atoms with Crippen molar-refractivity contribution in [2.75, 3.05) is 20.3 Å². The molecule has 1 heterocycles. The minimum atomic E-state index is 0.335. The van der Waals surface area contributed by atoms with Crippen molar-refractivity contribution in [3.05, 3.63) is 46.5 Å². The summed E-state index contributed by atoms with van der Waals surface area (Å²) in [5.41, 5.74) is 10.1. The van der Waals surface area contributed by atoms with Crippen LogP contribution in [0, 0.1) is 0 Å². The first kappa shape index (κ1) is 13.1. The number of nitrogens with zero attached hydrogens (tertiary/aromatic N) is 4. The predicted molar refractivity (Wildman–Crippen MR) is 72.0 cm³/mol. The molecule has 0 radical (unpaired) electrons. The maximum absolute atomic E-state index is 8.32. The molecule has 0 N–H and O–H groups in total. The first-order valence-corrected chi connectivity index (χ1v) is 5.85. The van der Waals surface area contributed by atoms with Gasteiger partial charge in [-0.2, -0.15) is 0 Å². The van der Waals surface area contributed by atoms with Gasteiger partial charge in [-0.1, -0.05) is 11.2 Å². The van der Waals surface area contributed by atoms with Crippen LogP contribution in [0.15, 0.2) is 35.6 Å². The summed E-state index contributed by atoms with van der Waals surface area (Å²) < 4.78 is 10.4. The standard InChI is InChI=1S/C13H14N4O2/c1-18-4-5-19-12-7-11-6-10(8-16-17-14)2-3-13(11)15-9-12/h2-3,6-7,9H,4-5,8H2,1H3. The molecule has 98 valence electrons.